The van der Waals surface area contributed by atoms with Gasteiger partial charge in [-0.15, -0.1) is 0 Å². The van der Waals surface area contributed by atoms with Crippen LogP contribution in [0.15, 0.2) is 24.3 Å². The van der Waals surface area contributed by atoms with Gasteiger partial charge in [0, 0.05) is 6.54 Å². The van der Waals surface area contributed by atoms with Crippen molar-refractivity contribution in [2.45, 2.75) is 52.0 Å². The normalized spacial score (nSPS) is 16.5. The highest BCUT2D eigenvalue weighted by Crippen LogP contribution is 2.18. The quantitative estimate of drug-likeness (QED) is 0.692. The van der Waals surface area contributed by atoms with Crippen molar-refractivity contribution < 1.29 is 0 Å². The van der Waals surface area contributed by atoms with Crippen LogP contribution in [0.5, 0.6) is 0 Å². The molecule has 1 aromatic carbocycles. The number of unbranched alkanes of at least 4 members (excludes halogenated alkanes) is 3. The molecule has 1 nitrogen and oxygen atoms in total. The third-order valence-corrected chi connectivity index (χ3v) is 3.76. The molecule has 0 aliphatic carbocycles. The van der Waals surface area contributed by atoms with Crippen molar-refractivity contribution in [1.29, 1.82) is 0 Å². The maximum Gasteiger partial charge on any atom is 0.0236 e. The summed E-state index contributed by atoms with van der Waals surface area (Å²) >= 11 is 0. The van der Waals surface area contributed by atoms with Crippen LogP contribution in [0.25, 0.3) is 0 Å². The number of aryl methyl sites for hydroxylation is 1. The van der Waals surface area contributed by atoms with Crippen molar-refractivity contribution in [3.8, 4) is 0 Å². The molecule has 0 bridgehead atoms. The topological polar surface area (TPSA) is 3.24 Å². The van der Waals surface area contributed by atoms with Gasteiger partial charge in [0.2, 0.25) is 0 Å². The van der Waals surface area contributed by atoms with E-state index < -0.39 is 0 Å². The monoisotopic (exact) mass is 231 g/mol. The molecule has 94 valence electrons. The second-order valence-electron chi connectivity index (χ2n) is 5.21. The summed E-state index contributed by atoms with van der Waals surface area (Å²) < 4.78 is 0. The Hall–Kier alpha value is -0.820. The van der Waals surface area contributed by atoms with Crippen LogP contribution < -0.4 is 0 Å². The fourth-order valence-electron chi connectivity index (χ4n) is 2.72. The lowest BCUT2D eigenvalue weighted by molar-refractivity contribution is 0.263. The Morgan fingerprint density at radius 3 is 2.71 bits per heavy atom. The number of hydrogen-bond acceptors (Lipinski definition) is 1. The molecular weight excluding hydrogens is 206 g/mol. The Morgan fingerprint density at radius 1 is 1.06 bits per heavy atom. The van der Waals surface area contributed by atoms with Gasteiger partial charge in [0.25, 0.3) is 0 Å². The lowest BCUT2D eigenvalue weighted by atomic mass is 10.0. The highest BCUT2D eigenvalue weighted by molar-refractivity contribution is 5.27. The average Bonchev–Trinajstić information content (AvgIpc) is 2.56. The number of benzene rings is 1. The Kier molecular flexibility index (Phi) is 5.06. The first kappa shape index (κ1) is 12.6. The predicted octanol–water partition coefficient (Wildman–Crippen LogP) is 4.02. The molecule has 0 atom stereocenters. The highest BCUT2D eigenvalue weighted by Gasteiger charge is 2.12. The summed E-state index contributed by atoms with van der Waals surface area (Å²) in [7, 11) is 0. The van der Waals surface area contributed by atoms with Gasteiger partial charge in [0.15, 0.2) is 0 Å². The van der Waals surface area contributed by atoms with Crippen LogP contribution in [0, 0.1) is 0 Å². The van der Waals surface area contributed by atoms with Gasteiger partial charge >= 0.3 is 0 Å². The molecule has 0 unspecified atom stereocenters. The molecule has 0 spiro atoms. The van der Waals surface area contributed by atoms with E-state index in [9.17, 15) is 0 Å². The van der Waals surface area contributed by atoms with E-state index >= 15 is 0 Å². The molecule has 1 heterocycles. The Morgan fingerprint density at radius 2 is 1.88 bits per heavy atom. The van der Waals surface area contributed by atoms with Crippen LogP contribution in [0.4, 0.5) is 0 Å². The maximum absolute atomic E-state index is 2.64. The van der Waals surface area contributed by atoms with E-state index in [0.29, 0.717) is 0 Å². The van der Waals surface area contributed by atoms with Crippen molar-refractivity contribution in [3.05, 3.63) is 35.4 Å². The second-order valence-corrected chi connectivity index (χ2v) is 5.21. The summed E-state index contributed by atoms with van der Waals surface area (Å²) in [6.45, 7) is 6.01. The molecule has 0 radical (unpaired) electrons. The third-order valence-electron chi connectivity index (χ3n) is 3.76. The summed E-state index contributed by atoms with van der Waals surface area (Å²) in [6.07, 6.45) is 8.09. The first-order chi connectivity index (χ1) is 8.40. The first-order valence-corrected chi connectivity index (χ1v) is 7.19. The lowest BCUT2D eigenvalue weighted by Crippen LogP contribution is -2.24. The summed E-state index contributed by atoms with van der Waals surface area (Å²) in [5.41, 5.74) is 3.13. The van der Waals surface area contributed by atoms with Gasteiger partial charge in [-0.1, -0.05) is 50.5 Å². The minimum Gasteiger partial charge on any atom is -0.299 e. The van der Waals surface area contributed by atoms with Gasteiger partial charge in [-0.05, 0) is 43.5 Å². The summed E-state index contributed by atoms with van der Waals surface area (Å²) in [5, 5.41) is 0. The first-order valence-electron chi connectivity index (χ1n) is 7.19. The van der Waals surface area contributed by atoms with E-state index in [0.717, 1.165) is 0 Å². The molecule has 0 saturated carbocycles. The standard InChI is InChI=1S/C16H25N/c1-2-3-4-7-12-17-13-8-11-15-9-5-6-10-16(15)14-17/h5-6,9-10H,2-4,7-8,11-14H2,1H3. The van der Waals surface area contributed by atoms with Gasteiger partial charge in [0.1, 0.15) is 0 Å². The Balaban J connectivity index is 1.85. The molecule has 0 aromatic heterocycles. The van der Waals surface area contributed by atoms with Crippen LogP contribution >= 0.6 is 0 Å². The van der Waals surface area contributed by atoms with Crippen LogP contribution in [0.3, 0.4) is 0 Å². The van der Waals surface area contributed by atoms with Gasteiger partial charge in [-0.25, -0.2) is 0 Å². The SMILES string of the molecule is CCCCCCN1CCCc2ccccc2C1. The zero-order valence-corrected chi connectivity index (χ0v) is 11.1. The van der Waals surface area contributed by atoms with E-state index in [2.05, 4.69) is 36.1 Å². The second kappa shape index (κ2) is 6.80. The fourth-order valence-corrected chi connectivity index (χ4v) is 2.72. The number of hydrogen-bond donors (Lipinski definition) is 0. The van der Waals surface area contributed by atoms with Crippen molar-refractivity contribution in [1.82, 2.24) is 4.90 Å². The minimum absolute atomic E-state index is 1.17. The number of rotatable bonds is 5. The summed E-state index contributed by atoms with van der Waals surface area (Å²) in [4.78, 5) is 2.64. The number of fused-ring (bicyclic) bond motifs is 1. The molecular formula is C16H25N. The van der Waals surface area contributed by atoms with E-state index in [4.69, 9.17) is 0 Å². The molecule has 17 heavy (non-hydrogen) atoms. The van der Waals surface area contributed by atoms with E-state index in [1.54, 1.807) is 11.1 Å². The van der Waals surface area contributed by atoms with Gasteiger partial charge in [-0.3, -0.25) is 4.90 Å². The lowest BCUT2D eigenvalue weighted by Gasteiger charge is -2.20. The molecule has 1 aliphatic heterocycles. The van der Waals surface area contributed by atoms with Gasteiger partial charge in [-0.2, -0.15) is 0 Å². The van der Waals surface area contributed by atoms with Crippen LogP contribution in [0.2, 0.25) is 0 Å². The van der Waals surface area contributed by atoms with E-state index in [1.807, 2.05) is 0 Å². The maximum atomic E-state index is 2.64. The number of nitrogens with zero attached hydrogens (tertiary/aromatic N) is 1. The van der Waals surface area contributed by atoms with Crippen LogP contribution in [0.1, 0.15) is 50.2 Å². The molecule has 1 aliphatic rings. The van der Waals surface area contributed by atoms with Crippen LogP contribution in [-0.4, -0.2) is 18.0 Å². The Labute approximate surface area is 106 Å². The van der Waals surface area contributed by atoms with E-state index in [-0.39, 0.29) is 0 Å². The zero-order valence-electron chi connectivity index (χ0n) is 11.1. The third kappa shape index (κ3) is 3.85. The van der Waals surface area contributed by atoms with E-state index in [1.165, 1.54) is 58.2 Å². The molecule has 0 saturated heterocycles. The van der Waals surface area contributed by atoms with Crippen LogP contribution in [-0.2, 0) is 13.0 Å². The molecule has 1 heteroatoms. The van der Waals surface area contributed by atoms with Crippen molar-refractivity contribution in [3.63, 3.8) is 0 Å². The van der Waals surface area contributed by atoms with Crippen molar-refractivity contribution in [2.75, 3.05) is 13.1 Å². The van der Waals surface area contributed by atoms with Crippen molar-refractivity contribution >= 4 is 0 Å². The molecule has 1 aromatic rings. The fraction of sp³-hybridized carbons (Fsp3) is 0.625. The van der Waals surface area contributed by atoms with Gasteiger partial charge in [0.05, 0.1) is 0 Å². The summed E-state index contributed by atoms with van der Waals surface area (Å²) in [6, 6.07) is 8.96. The molecule has 0 fully saturated rings. The predicted molar refractivity (Wildman–Crippen MR) is 74.2 cm³/mol. The Bertz CT molecular complexity index is 332. The zero-order chi connectivity index (χ0) is 11.9. The van der Waals surface area contributed by atoms with Gasteiger partial charge < -0.3 is 0 Å². The highest BCUT2D eigenvalue weighted by atomic mass is 15.1. The minimum atomic E-state index is 1.17. The average molecular weight is 231 g/mol. The molecule has 0 amide bonds. The largest absolute Gasteiger partial charge is 0.299 e. The molecule has 0 N–H and O–H groups in total. The molecule has 2 rings (SSSR count). The summed E-state index contributed by atoms with van der Waals surface area (Å²) in [5.74, 6) is 0. The van der Waals surface area contributed by atoms with Crippen molar-refractivity contribution in [2.24, 2.45) is 0 Å². The smallest absolute Gasteiger partial charge is 0.0236 e.